The average Bonchev–Trinajstić information content (AvgIpc) is 3.11. The van der Waals surface area contributed by atoms with Gasteiger partial charge in [0.2, 0.25) is 5.91 Å². The number of amides is 1. The Labute approximate surface area is 124 Å². The van der Waals surface area contributed by atoms with E-state index in [2.05, 4.69) is 18.0 Å². The second-order valence-corrected chi connectivity index (χ2v) is 6.13. The molecule has 1 unspecified atom stereocenters. The summed E-state index contributed by atoms with van der Waals surface area (Å²) < 4.78 is 2.02. The lowest BCUT2D eigenvalue weighted by atomic mass is 10.1. The molecule has 1 saturated carbocycles. The smallest absolute Gasteiger partial charge is 0.247 e. The number of rotatable bonds is 3. The Morgan fingerprint density at radius 2 is 2.14 bits per heavy atom. The van der Waals surface area contributed by atoms with Crippen molar-refractivity contribution in [1.29, 1.82) is 0 Å². The van der Waals surface area contributed by atoms with Crippen molar-refractivity contribution in [2.75, 3.05) is 4.90 Å². The second-order valence-electron chi connectivity index (χ2n) is 6.13. The highest BCUT2D eigenvalue weighted by atomic mass is 16.2. The van der Waals surface area contributed by atoms with Crippen LogP contribution in [0.4, 0.5) is 5.69 Å². The van der Waals surface area contributed by atoms with Gasteiger partial charge in [-0.15, -0.1) is 0 Å². The van der Waals surface area contributed by atoms with Gasteiger partial charge in [-0.2, -0.15) is 0 Å². The van der Waals surface area contributed by atoms with Gasteiger partial charge in [-0.05, 0) is 37.8 Å². The van der Waals surface area contributed by atoms with Crippen molar-refractivity contribution >= 4 is 11.6 Å². The molecule has 1 aliphatic heterocycles. The first kappa shape index (κ1) is 12.6. The molecule has 4 rings (SSSR count). The average molecular weight is 281 g/mol. The first-order valence-corrected chi connectivity index (χ1v) is 7.65. The molecule has 1 aromatic carbocycles. The van der Waals surface area contributed by atoms with Crippen molar-refractivity contribution in [3.05, 3.63) is 48.0 Å². The molecule has 2 heterocycles. The highest BCUT2D eigenvalue weighted by Crippen LogP contribution is 2.39. The van der Waals surface area contributed by atoms with Crippen LogP contribution in [0.5, 0.6) is 0 Å². The molecule has 1 aromatic heterocycles. The summed E-state index contributed by atoms with van der Waals surface area (Å²) in [5.74, 6) is 1.80. The van der Waals surface area contributed by atoms with E-state index in [4.69, 9.17) is 0 Å². The van der Waals surface area contributed by atoms with Gasteiger partial charge in [0.1, 0.15) is 12.4 Å². The normalized spacial score (nSPS) is 20.6. The molecule has 1 atom stereocenters. The SMILES string of the molecule is CC1Cc2ccccc2N1C(=O)Cn1ccnc1C1CC1. The molecule has 1 aliphatic carbocycles. The third-order valence-corrected chi connectivity index (χ3v) is 4.47. The molecule has 1 fully saturated rings. The minimum Gasteiger partial charge on any atom is -0.325 e. The van der Waals surface area contributed by atoms with E-state index in [0.29, 0.717) is 12.5 Å². The Hall–Kier alpha value is -2.10. The number of hydrogen-bond acceptors (Lipinski definition) is 2. The molecule has 21 heavy (non-hydrogen) atoms. The number of carbonyl (C=O) groups excluding carboxylic acids is 1. The van der Waals surface area contributed by atoms with Gasteiger partial charge in [0.25, 0.3) is 0 Å². The first-order valence-electron chi connectivity index (χ1n) is 7.65. The molecule has 0 spiro atoms. The molecular weight excluding hydrogens is 262 g/mol. The lowest BCUT2D eigenvalue weighted by molar-refractivity contribution is -0.119. The number of hydrogen-bond donors (Lipinski definition) is 0. The van der Waals surface area contributed by atoms with Crippen molar-refractivity contribution in [3.63, 3.8) is 0 Å². The molecule has 4 nitrogen and oxygen atoms in total. The maximum Gasteiger partial charge on any atom is 0.247 e. The fourth-order valence-electron chi connectivity index (χ4n) is 3.32. The van der Waals surface area contributed by atoms with Gasteiger partial charge in [-0.1, -0.05) is 18.2 Å². The van der Waals surface area contributed by atoms with E-state index >= 15 is 0 Å². The highest BCUT2D eigenvalue weighted by molar-refractivity contribution is 5.96. The summed E-state index contributed by atoms with van der Waals surface area (Å²) in [6.07, 6.45) is 7.09. The predicted molar refractivity (Wildman–Crippen MR) is 81.3 cm³/mol. The number of imidazole rings is 1. The molecule has 2 aliphatic rings. The summed E-state index contributed by atoms with van der Waals surface area (Å²) in [6.45, 7) is 2.51. The third kappa shape index (κ3) is 2.15. The Morgan fingerprint density at radius 3 is 2.95 bits per heavy atom. The fraction of sp³-hybridized carbons (Fsp3) is 0.412. The minimum atomic E-state index is 0.160. The number of fused-ring (bicyclic) bond motifs is 1. The quantitative estimate of drug-likeness (QED) is 0.867. The van der Waals surface area contributed by atoms with Crippen molar-refractivity contribution in [3.8, 4) is 0 Å². The Balaban J connectivity index is 1.59. The van der Waals surface area contributed by atoms with Gasteiger partial charge < -0.3 is 9.47 Å². The fourth-order valence-corrected chi connectivity index (χ4v) is 3.32. The first-order chi connectivity index (χ1) is 10.2. The van der Waals surface area contributed by atoms with E-state index < -0.39 is 0 Å². The summed E-state index contributed by atoms with van der Waals surface area (Å²) in [4.78, 5) is 19.1. The molecule has 108 valence electrons. The van der Waals surface area contributed by atoms with Crippen LogP contribution in [0.15, 0.2) is 36.7 Å². The van der Waals surface area contributed by atoms with Crippen molar-refractivity contribution in [1.82, 2.24) is 9.55 Å². The molecule has 0 bridgehead atoms. The minimum absolute atomic E-state index is 0.160. The van der Waals surface area contributed by atoms with Crippen molar-refractivity contribution < 1.29 is 4.79 Å². The van der Waals surface area contributed by atoms with Crippen LogP contribution in [-0.2, 0) is 17.8 Å². The highest BCUT2D eigenvalue weighted by Gasteiger charge is 2.32. The van der Waals surface area contributed by atoms with Crippen LogP contribution in [-0.4, -0.2) is 21.5 Å². The van der Waals surface area contributed by atoms with Crippen LogP contribution in [0.25, 0.3) is 0 Å². The molecule has 2 aromatic rings. The summed E-state index contributed by atoms with van der Waals surface area (Å²) in [5, 5.41) is 0. The van der Waals surface area contributed by atoms with Gasteiger partial charge >= 0.3 is 0 Å². The van der Waals surface area contributed by atoms with E-state index in [1.54, 1.807) is 0 Å². The lowest BCUT2D eigenvalue weighted by Crippen LogP contribution is -2.38. The molecule has 0 N–H and O–H groups in total. The van der Waals surface area contributed by atoms with Crippen LogP contribution >= 0.6 is 0 Å². The largest absolute Gasteiger partial charge is 0.325 e. The predicted octanol–water partition coefficient (Wildman–Crippen LogP) is 2.74. The van der Waals surface area contributed by atoms with Gasteiger partial charge in [0.05, 0.1) is 0 Å². The Morgan fingerprint density at radius 1 is 1.33 bits per heavy atom. The third-order valence-electron chi connectivity index (χ3n) is 4.47. The van der Waals surface area contributed by atoms with E-state index in [9.17, 15) is 4.79 Å². The van der Waals surface area contributed by atoms with Gasteiger partial charge in [-0.3, -0.25) is 4.79 Å². The standard InChI is InChI=1S/C17H19N3O/c1-12-10-14-4-2-3-5-15(14)20(12)16(21)11-19-9-8-18-17(19)13-6-7-13/h2-5,8-9,12-13H,6-7,10-11H2,1H3. The lowest BCUT2D eigenvalue weighted by Gasteiger charge is -2.23. The van der Waals surface area contributed by atoms with Crippen LogP contribution in [0.3, 0.4) is 0 Å². The van der Waals surface area contributed by atoms with Crippen LogP contribution < -0.4 is 4.90 Å². The Kier molecular flexibility index (Phi) is 2.84. The zero-order valence-corrected chi connectivity index (χ0v) is 12.2. The van der Waals surface area contributed by atoms with E-state index in [0.717, 1.165) is 17.9 Å². The van der Waals surface area contributed by atoms with Gasteiger partial charge in [0, 0.05) is 30.0 Å². The number of para-hydroxylation sites is 1. The topological polar surface area (TPSA) is 38.1 Å². The maximum atomic E-state index is 12.8. The Bertz CT molecular complexity index is 687. The maximum absolute atomic E-state index is 12.8. The monoisotopic (exact) mass is 281 g/mol. The van der Waals surface area contributed by atoms with E-state index in [1.807, 2.05) is 40.1 Å². The number of anilines is 1. The summed E-state index contributed by atoms with van der Waals surface area (Å²) in [6, 6.07) is 8.45. The van der Waals surface area contributed by atoms with Crippen LogP contribution in [0.1, 0.15) is 37.1 Å². The summed E-state index contributed by atoms with van der Waals surface area (Å²) in [7, 11) is 0. The zero-order valence-electron chi connectivity index (χ0n) is 12.2. The number of carbonyl (C=O) groups is 1. The van der Waals surface area contributed by atoms with Crippen molar-refractivity contribution in [2.45, 2.75) is 44.7 Å². The van der Waals surface area contributed by atoms with Crippen LogP contribution in [0.2, 0.25) is 0 Å². The second kappa shape index (κ2) is 4.72. The van der Waals surface area contributed by atoms with Crippen molar-refractivity contribution in [2.24, 2.45) is 0 Å². The molecule has 1 amide bonds. The van der Waals surface area contributed by atoms with Crippen LogP contribution in [0, 0.1) is 0 Å². The van der Waals surface area contributed by atoms with E-state index in [-0.39, 0.29) is 11.9 Å². The molecular formula is C17H19N3O. The zero-order chi connectivity index (χ0) is 14.4. The van der Waals surface area contributed by atoms with Gasteiger partial charge in [-0.25, -0.2) is 4.98 Å². The molecule has 4 heteroatoms. The summed E-state index contributed by atoms with van der Waals surface area (Å²) >= 11 is 0. The number of aromatic nitrogens is 2. The number of benzene rings is 1. The van der Waals surface area contributed by atoms with E-state index in [1.165, 1.54) is 18.4 Å². The number of nitrogens with zero attached hydrogens (tertiary/aromatic N) is 3. The molecule has 0 radical (unpaired) electrons. The van der Waals surface area contributed by atoms with Gasteiger partial charge in [0.15, 0.2) is 0 Å². The summed E-state index contributed by atoms with van der Waals surface area (Å²) in [5.41, 5.74) is 2.34. The molecule has 0 saturated heterocycles.